The third-order valence-electron chi connectivity index (χ3n) is 4.42. The highest BCUT2D eigenvalue weighted by atomic mass is 16.5. The fraction of sp³-hybridized carbons (Fsp3) is 0.389. The first-order valence-electron chi connectivity index (χ1n) is 8.63. The molecule has 138 valence electrons. The molecule has 0 atom stereocenters. The van der Waals surface area contributed by atoms with E-state index in [0.717, 1.165) is 24.0 Å². The van der Waals surface area contributed by atoms with Gasteiger partial charge in [-0.25, -0.2) is 0 Å². The van der Waals surface area contributed by atoms with Crippen LogP contribution in [-0.2, 0) is 4.79 Å². The van der Waals surface area contributed by atoms with Gasteiger partial charge in [-0.1, -0.05) is 6.07 Å². The van der Waals surface area contributed by atoms with Crippen molar-refractivity contribution in [1.82, 2.24) is 15.2 Å². The lowest BCUT2D eigenvalue weighted by Gasteiger charge is -2.13. The number of hydrogen-bond acceptors (Lipinski definition) is 4. The van der Waals surface area contributed by atoms with Crippen molar-refractivity contribution in [2.75, 3.05) is 26.7 Å². The highest BCUT2D eigenvalue weighted by molar-refractivity contribution is 6.07. The van der Waals surface area contributed by atoms with Crippen LogP contribution in [0.25, 0.3) is 10.9 Å². The van der Waals surface area contributed by atoms with E-state index in [1.165, 1.54) is 12.8 Å². The van der Waals surface area contributed by atoms with Crippen LogP contribution < -0.4 is 15.8 Å². The summed E-state index contributed by atoms with van der Waals surface area (Å²) in [6, 6.07) is 7.12. The Morgan fingerprint density at radius 1 is 1.35 bits per heavy atom. The smallest absolute Gasteiger partial charge is 0.296 e. The van der Waals surface area contributed by atoms with Crippen molar-refractivity contribution in [3.8, 4) is 5.75 Å². The number of likely N-dealkylation sites (tertiary alicyclic amines) is 1. The molecule has 2 aromatic rings. The fourth-order valence-electron chi connectivity index (χ4n) is 3.09. The van der Waals surface area contributed by atoms with E-state index in [2.05, 4.69) is 20.2 Å². The van der Waals surface area contributed by atoms with Crippen molar-refractivity contribution in [3.05, 3.63) is 30.0 Å². The van der Waals surface area contributed by atoms with E-state index < -0.39 is 5.91 Å². The average Bonchev–Trinajstić information content (AvgIpc) is 3.28. The molecule has 1 saturated heterocycles. The van der Waals surface area contributed by atoms with Crippen LogP contribution >= 0.6 is 0 Å². The topological polar surface area (TPSA) is 113 Å². The number of amides is 2. The third-order valence-corrected chi connectivity index (χ3v) is 4.42. The molecule has 4 N–H and O–H groups in total. The Labute approximate surface area is 151 Å². The van der Waals surface area contributed by atoms with Crippen LogP contribution in [0, 0.1) is 0 Å². The average molecular weight is 357 g/mol. The van der Waals surface area contributed by atoms with Crippen molar-refractivity contribution in [1.29, 1.82) is 0 Å². The number of benzene rings is 1. The summed E-state index contributed by atoms with van der Waals surface area (Å²) in [6.45, 7) is 2.74. The number of nitrogens with one attached hydrogen (secondary N) is 2. The van der Waals surface area contributed by atoms with Crippen LogP contribution in [0.4, 0.5) is 0 Å². The van der Waals surface area contributed by atoms with Gasteiger partial charge in [-0.3, -0.25) is 14.9 Å². The fourth-order valence-corrected chi connectivity index (χ4v) is 3.09. The quantitative estimate of drug-likeness (QED) is 0.550. The first-order valence-corrected chi connectivity index (χ1v) is 8.63. The van der Waals surface area contributed by atoms with E-state index in [4.69, 9.17) is 10.5 Å². The lowest BCUT2D eigenvalue weighted by molar-refractivity contribution is -0.120. The molecular formula is C18H23N5O3. The molecule has 1 aliphatic heterocycles. The predicted octanol–water partition coefficient (Wildman–Crippen LogP) is 1.23. The second kappa shape index (κ2) is 8.01. The monoisotopic (exact) mass is 357 g/mol. The maximum atomic E-state index is 12.3. The van der Waals surface area contributed by atoms with Crippen molar-refractivity contribution in [2.24, 2.45) is 10.7 Å². The number of nitrogens with two attached hydrogens (primary N) is 1. The number of fused-ring (bicyclic) bond motifs is 1. The number of aromatic nitrogens is 1. The lowest BCUT2D eigenvalue weighted by atomic mass is 10.2. The summed E-state index contributed by atoms with van der Waals surface area (Å²) in [7, 11) is 1.57. The summed E-state index contributed by atoms with van der Waals surface area (Å²) < 4.78 is 5.27. The van der Waals surface area contributed by atoms with Gasteiger partial charge in [0.1, 0.15) is 11.4 Å². The molecule has 0 bridgehead atoms. The van der Waals surface area contributed by atoms with Gasteiger partial charge in [0.15, 0.2) is 0 Å². The number of aliphatic imine (C=N–C) groups is 1. The van der Waals surface area contributed by atoms with Gasteiger partial charge in [0.2, 0.25) is 11.9 Å². The van der Waals surface area contributed by atoms with Gasteiger partial charge in [-0.15, -0.1) is 0 Å². The molecule has 2 amide bonds. The molecule has 0 radical (unpaired) electrons. The SMILES string of the molecule is COc1cccc2[nH]c(C(=O)N=C(N)NC(=O)CCN3CCCC3)cc12. The van der Waals surface area contributed by atoms with Crippen molar-refractivity contribution < 1.29 is 14.3 Å². The van der Waals surface area contributed by atoms with E-state index in [0.29, 0.717) is 18.7 Å². The van der Waals surface area contributed by atoms with Crippen LogP contribution in [0.3, 0.4) is 0 Å². The highest BCUT2D eigenvalue weighted by Gasteiger charge is 2.15. The van der Waals surface area contributed by atoms with Crippen molar-refractivity contribution >= 4 is 28.7 Å². The molecule has 0 unspecified atom stereocenters. The van der Waals surface area contributed by atoms with Crippen LogP contribution in [0.15, 0.2) is 29.3 Å². The zero-order chi connectivity index (χ0) is 18.5. The van der Waals surface area contributed by atoms with E-state index >= 15 is 0 Å². The normalized spacial score (nSPS) is 15.3. The molecule has 1 aromatic carbocycles. The number of carbonyl (C=O) groups excluding carboxylic acids is 2. The summed E-state index contributed by atoms with van der Waals surface area (Å²) >= 11 is 0. The molecular weight excluding hydrogens is 334 g/mol. The number of nitrogens with zero attached hydrogens (tertiary/aromatic N) is 2. The van der Waals surface area contributed by atoms with Gasteiger partial charge in [0, 0.05) is 23.9 Å². The minimum absolute atomic E-state index is 0.202. The van der Waals surface area contributed by atoms with Gasteiger partial charge in [-0.05, 0) is 44.1 Å². The number of H-pyrrole nitrogens is 1. The van der Waals surface area contributed by atoms with E-state index in [1.807, 2.05) is 18.2 Å². The number of methoxy groups -OCH3 is 1. The van der Waals surface area contributed by atoms with Crippen LogP contribution in [-0.4, -0.2) is 54.4 Å². The van der Waals surface area contributed by atoms with Gasteiger partial charge >= 0.3 is 0 Å². The number of carbonyl (C=O) groups is 2. The maximum absolute atomic E-state index is 12.3. The van der Waals surface area contributed by atoms with Crippen molar-refractivity contribution in [3.63, 3.8) is 0 Å². The second-order valence-electron chi connectivity index (χ2n) is 6.25. The van der Waals surface area contributed by atoms with Gasteiger partial charge < -0.3 is 20.4 Å². The number of ether oxygens (including phenoxy) is 1. The summed E-state index contributed by atoms with van der Waals surface area (Å²) in [5.74, 6) is -0.345. The molecule has 3 rings (SSSR count). The van der Waals surface area contributed by atoms with Crippen LogP contribution in [0.1, 0.15) is 29.8 Å². The molecule has 1 fully saturated rings. The van der Waals surface area contributed by atoms with E-state index in [1.54, 1.807) is 13.2 Å². The molecule has 0 saturated carbocycles. The Balaban J connectivity index is 1.61. The van der Waals surface area contributed by atoms with Crippen molar-refractivity contribution in [2.45, 2.75) is 19.3 Å². The van der Waals surface area contributed by atoms with Gasteiger partial charge in [-0.2, -0.15) is 4.99 Å². The minimum atomic E-state index is -0.555. The Kier molecular flexibility index (Phi) is 5.52. The Hall–Kier alpha value is -2.87. The molecule has 0 aliphatic carbocycles. The molecule has 1 aromatic heterocycles. The third kappa shape index (κ3) is 4.20. The van der Waals surface area contributed by atoms with E-state index in [9.17, 15) is 9.59 Å². The zero-order valence-electron chi connectivity index (χ0n) is 14.7. The number of rotatable bonds is 5. The molecule has 1 aliphatic rings. The number of guanidine groups is 1. The number of aromatic amines is 1. The largest absolute Gasteiger partial charge is 0.496 e. The second-order valence-corrected chi connectivity index (χ2v) is 6.25. The van der Waals surface area contributed by atoms with Gasteiger partial charge in [0.25, 0.3) is 5.91 Å². The summed E-state index contributed by atoms with van der Waals surface area (Å²) in [6.07, 6.45) is 2.68. The predicted molar refractivity (Wildman–Crippen MR) is 99.2 cm³/mol. The molecule has 8 nitrogen and oxygen atoms in total. The molecule has 8 heteroatoms. The first-order chi connectivity index (χ1) is 12.6. The Morgan fingerprint density at radius 2 is 2.12 bits per heavy atom. The highest BCUT2D eigenvalue weighted by Crippen LogP contribution is 2.26. The molecule has 26 heavy (non-hydrogen) atoms. The maximum Gasteiger partial charge on any atom is 0.296 e. The minimum Gasteiger partial charge on any atom is -0.496 e. The Bertz CT molecular complexity index is 836. The first kappa shape index (κ1) is 17.9. The van der Waals surface area contributed by atoms with Gasteiger partial charge in [0.05, 0.1) is 7.11 Å². The molecule has 2 heterocycles. The van der Waals surface area contributed by atoms with Crippen LogP contribution in [0.5, 0.6) is 5.75 Å². The van der Waals surface area contributed by atoms with Crippen LogP contribution in [0.2, 0.25) is 0 Å². The lowest BCUT2D eigenvalue weighted by Crippen LogP contribution is -2.39. The Morgan fingerprint density at radius 3 is 2.85 bits per heavy atom. The summed E-state index contributed by atoms with van der Waals surface area (Å²) in [5, 5.41) is 3.24. The standard InChI is InChI=1S/C18H23N5O3/c1-26-15-6-4-5-13-12(15)11-14(20-13)17(25)22-18(19)21-16(24)7-10-23-8-2-3-9-23/h4-6,11,20H,2-3,7-10H2,1H3,(H3,19,21,22,24,25). The number of hydrogen-bond donors (Lipinski definition) is 3. The zero-order valence-corrected chi connectivity index (χ0v) is 14.7. The summed E-state index contributed by atoms with van der Waals surface area (Å²) in [4.78, 5) is 33.2. The summed E-state index contributed by atoms with van der Waals surface area (Å²) in [5.41, 5.74) is 6.73. The van der Waals surface area contributed by atoms with E-state index in [-0.39, 0.29) is 17.6 Å². The molecule has 0 spiro atoms.